The second kappa shape index (κ2) is 9.12. The van der Waals surface area contributed by atoms with Crippen molar-refractivity contribution < 1.29 is 22.3 Å². The third-order valence-electron chi connectivity index (χ3n) is 3.88. The Hall–Kier alpha value is -1.96. The van der Waals surface area contributed by atoms with Crippen molar-refractivity contribution in [1.29, 1.82) is 0 Å². The molecule has 0 saturated heterocycles. The lowest BCUT2D eigenvalue weighted by Gasteiger charge is -2.17. The molecular weight excluding hydrogens is 357 g/mol. The maximum absolute atomic E-state index is 13.4. The molecule has 0 aliphatic heterocycles. The van der Waals surface area contributed by atoms with Crippen molar-refractivity contribution >= 4 is 10.0 Å². The first kappa shape index (κ1) is 20.4. The van der Waals surface area contributed by atoms with Gasteiger partial charge in [0.05, 0.1) is 17.6 Å². The van der Waals surface area contributed by atoms with Crippen LogP contribution >= 0.6 is 0 Å². The molecule has 142 valence electrons. The summed E-state index contributed by atoms with van der Waals surface area (Å²) < 4.78 is 51.8. The van der Waals surface area contributed by atoms with Crippen LogP contribution in [0.2, 0.25) is 0 Å². The van der Waals surface area contributed by atoms with Gasteiger partial charge in [0.2, 0.25) is 10.0 Å². The summed E-state index contributed by atoms with van der Waals surface area (Å²) >= 11 is 0. The maximum Gasteiger partial charge on any atom is 0.240 e. The van der Waals surface area contributed by atoms with Crippen LogP contribution in [0, 0.1) is 12.7 Å². The number of hydrogen-bond acceptors (Lipinski definition) is 4. The van der Waals surface area contributed by atoms with E-state index in [0.717, 1.165) is 12.0 Å². The van der Waals surface area contributed by atoms with Crippen molar-refractivity contribution in [3.63, 3.8) is 0 Å². The predicted molar refractivity (Wildman–Crippen MR) is 98.3 cm³/mol. The number of halogens is 1. The molecule has 1 unspecified atom stereocenters. The lowest BCUT2D eigenvalue weighted by atomic mass is 10.1. The van der Waals surface area contributed by atoms with E-state index in [1.807, 2.05) is 6.92 Å². The number of sulfonamides is 1. The third-order valence-corrected chi connectivity index (χ3v) is 5.30. The Bertz CT molecular complexity index is 839. The van der Waals surface area contributed by atoms with Crippen molar-refractivity contribution in [2.24, 2.45) is 0 Å². The second-order valence-electron chi connectivity index (χ2n) is 5.91. The minimum absolute atomic E-state index is 0.00454. The van der Waals surface area contributed by atoms with Gasteiger partial charge in [-0.2, -0.15) is 0 Å². The number of ether oxygens (including phenoxy) is 2. The van der Waals surface area contributed by atoms with E-state index in [9.17, 15) is 12.8 Å². The van der Waals surface area contributed by atoms with Crippen molar-refractivity contribution in [3.8, 4) is 5.75 Å². The van der Waals surface area contributed by atoms with Crippen LogP contribution in [0.25, 0.3) is 0 Å². The molecule has 7 heteroatoms. The number of nitrogens with one attached hydrogen (secondary N) is 1. The van der Waals surface area contributed by atoms with E-state index in [2.05, 4.69) is 4.72 Å². The number of benzene rings is 2. The maximum atomic E-state index is 13.4. The van der Waals surface area contributed by atoms with E-state index in [0.29, 0.717) is 17.9 Å². The predicted octanol–water partition coefficient (Wildman–Crippen LogP) is 3.59. The Kier molecular flexibility index (Phi) is 7.14. The quantitative estimate of drug-likeness (QED) is 0.721. The Labute approximate surface area is 154 Å². The van der Waals surface area contributed by atoms with Crippen molar-refractivity contribution in [2.75, 3.05) is 20.3 Å². The molecule has 2 aromatic rings. The standard InChI is InChI=1S/C19H24FNO4S/c1-4-10-25-18-9-8-17(11-14(18)2)26(22,23)21-13-19(24-3)15-6-5-7-16(20)12-15/h5-9,11-12,19,21H,4,10,13H2,1-3H3. The molecule has 2 rings (SSSR count). The highest BCUT2D eigenvalue weighted by molar-refractivity contribution is 7.89. The van der Waals surface area contributed by atoms with Gasteiger partial charge in [-0.1, -0.05) is 19.1 Å². The van der Waals surface area contributed by atoms with Gasteiger partial charge < -0.3 is 9.47 Å². The summed E-state index contributed by atoms with van der Waals surface area (Å²) in [5.74, 6) is 0.269. The van der Waals surface area contributed by atoms with Crippen LogP contribution in [-0.2, 0) is 14.8 Å². The fraction of sp³-hybridized carbons (Fsp3) is 0.368. The molecule has 0 heterocycles. The van der Waals surface area contributed by atoms with Gasteiger partial charge >= 0.3 is 0 Å². The van der Waals surface area contributed by atoms with Crippen LogP contribution in [0.3, 0.4) is 0 Å². The van der Waals surface area contributed by atoms with Gasteiger partial charge in [-0.15, -0.1) is 0 Å². The van der Waals surface area contributed by atoms with Gasteiger partial charge in [0.25, 0.3) is 0 Å². The smallest absolute Gasteiger partial charge is 0.240 e. The molecule has 1 N–H and O–H groups in total. The summed E-state index contributed by atoms with van der Waals surface area (Å²) in [5, 5.41) is 0. The zero-order valence-electron chi connectivity index (χ0n) is 15.2. The number of rotatable bonds is 9. The summed E-state index contributed by atoms with van der Waals surface area (Å²) in [7, 11) is -2.27. The fourth-order valence-electron chi connectivity index (χ4n) is 2.48. The van der Waals surface area contributed by atoms with E-state index in [-0.39, 0.29) is 11.4 Å². The monoisotopic (exact) mass is 381 g/mol. The summed E-state index contributed by atoms with van der Waals surface area (Å²) in [5.41, 5.74) is 1.31. The largest absolute Gasteiger partial charge is 0.493 e. The highest BCUT2D eigenvalue weighted by Crippen LogP contribution is 2.23. The number of methoxy groups -OCH3 is 1. The van der Waals surface area contributed by atoms with Crippen LogP contribution < -0.4 is 9.46 Å². The molecule has 5 nitrogen and oxygen atoms in total. The number of aryl methyl sites for hydroxylation is 1. The van der Waals surface area contributed by atoms with Gasteiger partial charge in [0.1, 0.15) is 11.6 Å². The van der Waals surface area contributed by atoms with Crippen LogP contribution in [-0.4, -0.2) is 28.7 Å². The average Bonchev–Trinajstić information content (AvgIpc) is 2.61. The average molecular weight is 381 g/mol. The lowest BCUT2D eigenvalue weighted by Crippen LogP contribution is -2.29. The minimum Gasteiger partial charge on any atom is -0.493 e. The van der Waals surface area contributed by atoms with Gasteiger partial charge in [0, 0.05) is 13.7 Å². The molecule has 0 aliphatic rings. The summed E-state index contributed by atoms with van der Waals surface area (Å²) in [4.78, 5) is 0.146. The van der Waals surface area contributed by atoms with Gasteiger partial charge in [0.15, 0.2) is 0 Å². The first-order chi connectivity index (χ1) is 12.4. The topological polar surface area (TPSA) is 64.6 Å². The Morgan fingerprint density at radius 2 is 1.96 bits per heavy atom. The Morgan fingerprint density at radius 3 is 2.58 bits per heavy atom. The molecular formula is C19H24FNO4S. The summed E-state index contributed by atoms with van der Waals surface area (Å²) in [6.45, 7) is 4.38. The third kappa shape index (κ3) is 5.27. The highest BCUT2D eigenvalue weighted by Gasteiger charge is 2.19. The first-order valence-corrected chi connectivity index (χ1v) is 9.87. The van der Waals surface area contributed by atoms with Crippen LogP contribution in [0.4, 0.5) is 4.39 Å². The SMILES string of the molecule is CCCOc1ccc(S(=O)(=O)NCC(OC)c2cccc(F)c2)cc1C. The minimum atomic E-state index is -3.72. The molecule has 0 aromatic heterocycles. The normalized spacial score (nSPS) is 12.8. The molecule has 2 aromatic carbocycles. The van der Waals surface area contributed by atoms with E-state index in [1.54, 1.807) is 31.2 Å². The zero-order chi connectivity index (χ0) is 19.2. The molecule has 0 aliphatic carbocycles. The summed E-state index contributed by atoms with van der Waals surface area (Å²) in [6.07, 6.45) is 0.285. The molecule has 0 radical (unpaired) electrons. The van der Waals surface area contributed by atoms with Gasteiger partial charge in [-0.05, 0) is 54.8 Å². The van der Waals surface area contributed by atoms with E-state index in [4.69, 9.17) is 9.47 Å². The molecule has 1 atom stereocenters. The molecule has 26 heavy (non-hydrogen) atoms. The van der Waals surface area contributed by atoms with Gasteiger partial charge in [-0.25, -0.2) is 17.5 Å². The van der Waals surface area contributed by atoms with Crippen molar-refractivity contribution in [1.82, 2.24) is 4.72 Å². The number of hydrogen-bond donors (Lipinski definition) is 1. The van der Waals surface area contributed by atoms with E-state index >= 15 is 0 Å². The van der Waals surface area contributed by atoms with E-state index in [1.165, 1.54) is 25.3 Å². The molecule has 0 amide bonds. The highest BCUT2D eigenvalue weighted by atomic mass is 32.2. The van der Waals surface area contributed by atoms with Gasteiger partial charge in [-0.3, -0.25) is 0 Å². The van der Waals surface area contributed by atoms with Crippen molar-refractivity contribution in [3.05, 3.63) is 59.4 Å². The summed E-state index contributed by atoms with van der Waals surface area (Å²) in [6, 6.07) is 10.6. The second-order valence-corrected chi connectivity index (χ2v) is 7.67. The molecule has 0 saturated carbocycles. The zero-order valence-corrected chi connectivity index (χ0v) is 16.0. The first-order valence-electron chi connectivity index (χ1n) is 8.38. The molecule has 0 bridgehead atoms. The lowest BCUT2D eigenvalue weighted by molar-refractivity contribution is 0.107. The Morgan fingerprint density at radius 1 is 1.19 bits per heavy atom. The Balaban J connectivity index is 2.11. The fourth-order valence-corrected chi connectivity index (χ4v) is 3.59. The van der Waals surface area contributed by atoms with Crippen LogP contribution in [0.1, 0.15) is 30.6 Å². The molecule has 0 fully saturated rings. The van der Waals surface area contributed by atoms with E-state index < -0.39 is 21.9 Å². The van der Waals surface area contributed by atoms with Crippen LogP contribution in [0.15, 0.2) is 47.4 Å². The molecule has 0 spiro atoms. The van der Waals surface area contributed by atoms with Crippen molar-refractivity contribution in [2.45, 2.75) is 31.3 Å². The van der Waals surface area contributed by atoms with Crippen LogP contribution in [0.5, 0.6) is 5.75 Å².